The number of hydrogen-bond acceptors (Lipinski definition) is 8. The van der Waals surface area contributed by atoms with Crippen LogP contribution >= 0.6 is 11.8 Å². The Bertz CT molecular complexity index is 1240. The number of thioether (sulfide) groups is 1. The summed E-state index contributed by atoms with van der Waals surface area (Å²) in [4.78, 5) is 13.8. The Hall–Kier alpha value is -3.09. The van der Waals surface area contributed by atoms with Crippen molar-refractivity contribution in [3.05, 3.63) is 59.9 Å². The first kappa shape index (κ1) is 19.2. The van der Waals surface area contributed by atoms with Gasteiger partial charge in [0.05, 0.1) is 18.1 Å². The van der Waals surface area contributed by atoms with Gasteiger partial charge in [-0.2, -0.15) is 5.26 Å². The van der Waals surface area contributed by atoms with Gasteiger partial charge in [-0.1, -0.05) is 23.4 Å². The predicted molar refractivity (Wildman–Crippen MR) is 105 cm³/mol. The number of carbonyl (C=O) groups excluding carboxylic acids is 1. The standard InChI is InChI=1S/C20H14N2O5S2/c1-26-12-6-8-13(9-7-12)29(24,25)17(10-21)19(23)20-15-11-28-16-5-3-2-4-14(16)18(15)22-27-20/h2-9,17H,11H2,1H3. The molecule has 0 N–H and O–H groups in total. The summed E-state index contributed by atoms with van der Waals surface area (Å²) >= 11 is 1.50. The van der Waals surface area contributed by atoms with Crippen LogP contribution in [0, 0.1) is 11.3 Å². The minimum Gasteiger partial charge on any atom is -0.497 e. The predicted octanol–water partition coefficient (Wildman–Crippen LogP) is 3.50. The van der Waals surface area contributed by atoms with Crippen LogP contribution in [0.2, 0.25) is 0 Å². The number of benzene rings is 2. The van der Waals surface area contributed by atoms with E-state index in [1.165, 1.54) is 43.1 Å². The maximum absolute atomic E-state index is 13.0. The van der Waals surface area contributed by atoms with Crippen molar-refractivity contribution in [2.24, 2.45) is 0 Å². The molecule has 0 spiro atoms. The molecule has 2 heterocycles. The molecule has 4 rings (SSSR count). The molecule has 7 nitrogen and oxygen atoms in total. The van der Waals surface area contributed by atoms with E-state index in [2.05, 4.69) is 5.16 Å². The number of fused-ring (bicyclic) bond motifs is 3. The van der Waals surface area contributed by atoms with Crippen LogP contribution in [-0.4, -0.2) is 31.7 Å². The lowest BCUT2D eigenvalue weighted by Crippen LogP contribution is -2.29. The van der Waals surface area contributed by atoms with Gasteiger partial charge in [0, 0.05) is 21.8 Å². The Morgan fingerprint density at radius 3 is 2.66 bits per heavy atom. The maximum Gasteiger partial charge on any atom is 0.234 e. The number of methoxy groups -OCH3 is 1. The van der Waals surface area contributed by atoms with Gasteiger partial charge in [-0.15, -0.1) is 11.8 Å². The number of ether oxygens (including phenoxy) is 1. The van der Waals surface area contributed by atoms with Gasteiger partial charge in [0.25, 0.3) is 0 Å². The van der Waals surface area contributed by atoms with Gasteiger partial charge in [0.2, 0.25) is 26.6 Å². The lowest BCUT2D eigenvalue weighted by Gasteiger charge is -2.14. The van der Waals surface area contributed by atoms with Crippen LogP contribution in [-0.2, 0) is 15.6 Å². The third-order valence-corrected chi connectivity index (χ3v) is 7.55. The van der Waals surface area contributed by atoms with Crippen LogP contribution in [0.3, 0.4) is 0 Å². The molecular weight excluding hydrogens is 412 g/mol. The SMILES string of the molecule is COc1ccc(S(=O)(=O)C(C#N)C(=O)c2onc3c2CSc2ccccc2-3)cc1. The zero-order valence-electron chi connectivity index (χ0n) is 15.2. The first-order chi connectivity index (χ1) is 14.0. The van der Waals surface area contributed by atoms with Gasteiger partial charge < -0.3 is 9.26 Å². The van der Waals surface area contributed by atoms with Crippen LogP contribution in [0.15, 0.2) is 62.8 Å². The number of sulfone groups is 1. The number of ketones is 1. The van der Waals surface area contributed by atoms with E-state index in [1.807, 2.05) is 24.3 Å². The number of nitriles is 1. The summed E-state index contributed by atoms with van der Waals surface area (Å²) in [5.41, 5.74) is 1.82. The molecule has 9 heteroatoms. The molecule has 146 valence electrons. The third-order valence-electron chi connectivity index (χ3n) is 4.58. The monoisotopic (exact) mass is 426 g/mol. The van der Waals surface area contributed by atoms with Gasteiger partial charge in [0.1, 0.15) is 11.4 Å². The molecule has 1 unspecified atom stereocenters. The molecule has 0 amide bonds. The van der Waals surface area contributed by atoms with Crippen LogP contribution in [0.5, 0.6) is 5.75 Å². The van der Waals surface area contributed by atoms with E-state index in [1.54, 1.807) is 6.07 Å². The largest absolute Gasteiger partial charge is 0.497 e. The average Bonchev–Trinajstić information content (AvgIpc) is 3.18. The lowest BCUT2D eigenvalue weighted by molar-refractivity contribution is 0.0964. The Labute approximate surface area is 171 Å². The van der Waals surface area contributed by atoms with Gasteiger partial charge >= 0.3 is 0 Å². The minimum absolute atomic E-state index is 0.147. The highest BCUT2D eigenvalue weighted by Crippen LogP contribution is 2.42. The first-order valence-electron chi connectivity index (χ1n) is 8.50. The summed E-state index contributed by atoms with van der Waals surface area (Å²) in [6.07, 6.45) is 0. The normalized spacial score (nSPS) is 13.7. The highest BCUT2D eigenvalue weighted by Gasteiger charge is 2.39. The summed E-state index contributed by atoms with van der Waals surface area (Å²) in [5.74, 6) is -0.246. The number of aromatic nitrogens is 1. The van der Waals surface area contributed by atoms with Gasteiger partial charge in [-0.25, -0.2) is 8.42 Å². The second-order valence-electron chi connectivity index (χ2n) is 6.22. The van der Waals surface area contributed by atoms with Crippen molar-refractivity contribution < 1.29 is 22.5 Å². The van der Waals surface area contributed by atoms with E-state index in [-0.39, 0.29) is 10.7 Å². The van der Waals surface area contributed by atoms with Crippen molar-refractivity contribution >= 4 is 27.4 Å². The maximum atomic E-state index is 13.0. The number of carbonyl (C=O) groups is 1. The quantitative estimate of drug-likeness (QED) is 0.570. The molecule has 1 aliphatic rings. The van der Waals surface area contributed by atoms with Crippen molar-refractivity contribution in [2.45, 2.75) is 20.8 Å². The summed E-state index contributed by atoms with van der Waals surface area (Å²) in [5, 5.41) is 11.6. The summed E-state index contributed by atoms with van der Waals surface area (Å²) < 4.78 is 36.1. The third kappa shape index (κ3) is 3.20. The van der Waals surface area contributed by atoms with Crippen molar-refractivity contribution in [3.63, 3.8) is 0 Å². The molecule has 0 aliphatic carbocycles. The lowest BCUT2D eigenvalue weighted by atomic mass is 10.0. The molecular formula is C20H14N2O5S2. The summed E-state index contributed by atoms with van der Waals surface area (Å²) in [7, 11) is -2.80. The van der Waals surface area contributed by atoms with Crippen LogP contribution < -0.4 is 4.74 Å². The first-order valence-corrected chi connectivity index (χ1v) is 11.0. The molecule has 2 aromatic carbocycles. The number of nitrogens with zero attached hydrogens (tertiary/aromatic N) is 2. The number of Topliss-reactive ketones (excluding diaryl/α,β-unsaturated/α-hetero) is 1. The molecule has 0 fully saturated rings. The van der Waals surface area contributed by atoms with E-state index in [4.69, 9.17) is 9.26 Å². The van der Waals surface area contributed by atoms with E-state index in [9.17, 15) is 18.5 Å². The van der Waals surface area contributed by atoms with Gasteiger partial charge in [-0.3, -0.25) is 4.79 Å². The Morgan fingerprint density at radius 2 is 1.97 bits per heavy atom. The molecule has 3 aromatic rings. The Balaban J connectivity index is 1.72. The molecule has 1 atom stereocenters. The molecule has 0 bridgehead atoms. The fraction of sp³-hybridized carbons (Fsp3) is 0.150. The molecule has 0 radical (unpaired) electrons. The number of hydrogen-bond donors (Lipinski definition) is 0. The van der Waals surface area contributed by atoms with Gasteiger partial charge in [0.15, 0.2) is 0 Å². The molecule has 1 aliphatic heterocycles. The van der Waals surface area contributed by atoms with Crippen LogP contribution in [0.25, 0.3) is 11.3 Å². The Kier molecular flexibility index (Phi) is 4.90. The van der Waals surface area contributed by atoms with E-state index in [0.717, 1.165) is 10.5 Å². The molecule has 29 heavy (non-hydrogen) atoms. The van der Waals surface area contributed by atoms with Crippen molar-refractivity contribution in [3.8, 4) is 23.1 Å². The number of rotatable bonds is 5. The molecule has 0 saturated carbocycles. The van der Waals surface area contributed by atoms with Gasteiger partial charge in [-0.05, 0) is 30.3 Å². The van der Waals surface area contributed by atoms with E-state index in [0.29, 0.717) is 22.8 Å². The topological polar surface area (TPSA) is 110 Å². The Morgan fingerprint density at radius 1 is 1.24 bits per heavy atom. The average molecular weight is 426 g/mol. The van der Waals surface area contributed by atoms with E-state index < -0.39 is 20.9 Å². The van der Waals surface area contributed by atoms with Crippen molar-refractivity contribution in [1.82, 2.24) is 5.16 Å². The zero-order valence-corrected chi connectivity index (χ0v) is 16.8. The van der Waals surface area contributed by atoms with Crippen molar-refractivity contribution in [1.29, 1.82) is 5.26 Å². The summed E-state index contributed by atoms with van der Waals surface area (Å²) in [6.45, 7) is 0. The highest BCUT2D eigenvalue weighted by atomic mass is 32.2. The fourth-order valence-corrected chi connectivity index (χ4v) is 5.45. The van der Waals surface area contributed by atoms with Crippen LogP contribution in [0.1, 0.15) is 16.1 Å². The molecule has 1 aromatic heterocycles. The van der Waals surface area contributed by atoms with Crippen molar-refractivity contribution in [2.75, 3.05) is 7.11 Å². The zero-order chi connectivity index (χ0) is 20.6. The van der Waals surface area contributed by atoms with Crippen LogP contribution in [0.4, 0.5) is 0 Å². The second kappa shape index (κ2) is 7.39. The molecule has 0 saturated heterocycles. The summed E-state index contributed by atoms with van der Waals surface area (Å²) in [6, 6.07) is 14.7. The minimum atomic E-state index is -4.25. The second-order valence-corrected chi connectivity index (χ2v) is 9.27. The fourth-order valence-electron chi connectivity index (χ4n) is 3.08. The van der Waals surface area contributed by atoms with E-state index >= 15 is 0 Å². The highest BCUT2D eigenvalue weighted by molar-refractivity contribution is 7.98. The smallest absolute Gasteiger partial charge is 0.234 e.